The van der Waals surface area contributed by atoms with E-state index >= 15 is 0 Å². The van der Waals surface area contributed by atoms with E-state index in [2.05, 4.69) is 0 Å². The number of halogens is 1. The fourth-order valence-electron chi connectivity index (χ4n) is 1.05. The van der Waals surface area contributed by atoms with Crippen molar-refractivity contribution in [2.45, 2.75) is 4.90 Å². The number of hydrogen-bond donors (Lipinski definition) is 0. The van der Waals surface area contributed by atoms with Gasteiger partial charge in [0.1, 0.15) is 12.1 Å². The van der Waals surface area contributed by atoms with Crippen molar-refractivity contribution in [3.63, 3.8) is 0 Å². The third-order valence-corrected chi connectivity index (χ3v) is 2.92. The Morgan fingerprint density at radius 3 is 2.73 bits per heavy atom. The van der Waals surface area contributed by atoms with Crippen molar-refractivity contribution in [2.75, 3.05) is 26.4 Å². The van der Waals surface area contributed by atoms with E-state index in [1.165, 1.54) is 17.8 Å². The maximum Gasteiger partial charge on any atom is 0.150 e. The topological polar surface area (TPSA) is 20.3 Å². The van der Waals surface area contributed by atoms with Gasteiger partial charge in [0, 0.05) is 22.8 Å². The summed E-state index contributed by atoms with van der Waals surface area (Å²) in [6.45, 7) is 0.902. The van der Waals surface area contributed by atoms with Gasteiger partial charge in [-0.25, -0.2) is 4.39 Å². The van der Waals surface area contributed by atoms with E-state index in [1.54, 1.807) is 12.1 Å². The lowest BCUT2D eigenvalue weighted by molar-refractivity contribution is 0.112. The van der Waals surface area contributed by atoms with E-state index in [0.29, 0.717) is 16.7 Å². The maximum absolute atomic E-state index is 13.4. The predicted molar refractivity (Wildman–Crippen MR) is 61.1 cm³/mol. The van der Waals surface area contributed by atoms with Crippen molar-refractivity contribution in [2.24, 2.45) is 0 Å². The number of hydrogen-bond acceptors (Lipinski definition) is 3. The second-order valence-corrected chi connectivity index (χ2v) is 4.60. The van der Waals surface area contributed by atoms with Crippen LogP contribution in [0.25, 0.3) is 0 Å². The van der Waals surface area contributed by atoms with Crippen LogP contribution in [0.2, 0.25) is 0 Å². The maximum atomic E-state index is 13.4. The Hall–Kier alpha value is -0.870. The van der Waals surface area contributed by atoms with Crippen LogP contribution in [0.3, 0.4) is 0 Å². The van der Waals surface area contributed by atoms with Crippen molar-refractivity contribution < 1.29 is 9.18 Å². The number of thioether (sulfide) groups is 1. The van der Waals surface area contributed by atoms with E-state index in [1.807, 2.05) is 19.0 Å². The number of benzene rings is 1. The highest BCUT2D eigenvalue weighted by molar-refractivity contribution is 7.99. The number of carbonyl (C=O) groups is 1. The molecule has 0 radical (unpaired) electrons. The van der Waals surface area contributed by atoms with E-state index < -0.39 is 0 Å². The minimum Gasteiger partial charge on any atom is -0.309 e. The summed E-state index contributed by atoms with van der Waals surface area (Å²) >= 11 is 1.46. The molecule has 0 saturated carbocycles. The van der Waals surface area contributed by atoms with Crippen LogP contribution in [0.4, 0.5) is 4.39 Å². The first kappa shape index (κ1) is 12.2. The molecule has 0 aliphatic heterocycles. The number of rotatable bonds is 5. The molecule has 0 atom stereocenters. The lowest BCUT2D eigenvalue weighted by Crippen LogP contribution is -2.14. The Balaban J connectivity index is 2.58. The van der Waals surface area contributed by atoms with Crippen LogP contribution in [0.1, 0.15) is 10.4 Å². The standard InChI is InChI=1S/C11H14FNOS/c1-13(2)5-6-15-11-4-3-9(8-14)7-10(11)12/h3-4,7-8H,5-6H2,1-2H3. The highest BCUT2D eigenvalue weighted by atomic mass is 32.2. The Labute approximate surface area is 93.5 Å². The third kappa shape index (κ3) is 4.01. The molecular formula is C11H14FNOS. The van der Waals surface area contributed by atoms with Crippen molar-refractivity contribution in [1.82, 2.24) is 4.90 Å². The Morgan fingerprint density at radius 2 is 2.20 bits per heavy atom. The Kier molecular flexibility index (Phi) is 4.78. The Bertz CT molecular complexity index is 341. The van der Waals surface area contributed by atoms with Crippen molar-refractivity contribution in [3.8, 4) is 0 Å². The summed E-state index contributed by atoms with van der Waals surface area (Å²) in [6, 6.07) is 4.55. The molecule has 2 nitrogen and oxygen atoms in total. The summed E-state index contributed by atoms with van der Waals surface area (Å²) in [5.41, 5.74) is 0.379. The number of aldehydes is 1. The smallest absolute Gasteiger partial charge is 0.150 e. The first-order valence-corrected chi connectivity index (χ1v) is 5.64. The van der Waals surface area contributed by atoms with Gasteiger partial charge in [-0.1, -0.05) is 6.07 Å². The average Bonchev–Trinajstić information content (AvgIpc) is 2.20. The summed E-state index contributed by atoms with van der Waals surface area (Å²) < 4.78 is 13.4. The first-order valence-electron chi connectivity index (χ1n) is 4.65. The van der Waals surface area contributed by atoms with Gasteiger partial charge in [-0.2, -0.15) is 0 Å². The molecule has 1 aromatic rings. The summed E-state index contributed by atoms with van der Waals surface area (Å²) in [7, 11) is 3.96. The van der Waals surface area contributed by atoms with Crippen molar-refractivity contribution >= 4 is 18.0 Å². The van der Waals surface area contributed by atoms with E-state index in [0.717, 1.165) is 12.3 Å². The van der Waals surface area contributed by atoms with Crippen LogP contribution in [0.5, 0.6) is 0 Å². The number of carbonyl (C=O) groups excluding carboxylic acids is 1. The molecular weight excluding hydrogens is 213 g/mol. The molecule has 0 unspecified atom stereocenters. The van der Waals surface area contributed by atoms with Crippen LogP contribution < -0.4 is 0 Å². The van der Waals surface area contributed by atoms with Crippen molar-refractivity contribution in [1.29, 1.82) is 0 Å². The minimum absolute atomic E-state index is 0.316. The Morgan fingerprint density at radius 1 is 1.47 bits per heavy atom. The van der Waals surface area contributed by atoms with E-state index in [-0.39, 0.29) is 5.82 Å². The fraction of sp³-hybridized carbons (Fsp3) is 0.364. The first-order chi connectivity index (χ1) is 7.13. The van der Waals surface area contributed by atoms with Gasteiger partial charge in [-0.3, -0.25) is 4.79 Å². The van der Waals surface area contributed by atoms with Gasteiger partial charge < -0.3 is 4.90 Å². The highest BCUT2D eigenvalue weighted by Crippen LogP contribution is 2.21. The van der Waals surface area contributed by atoms with Crippen molar-refractivity contribution in [3.05, 3.63) is 29.6 Å². The van der Waals surface area contributed by atoms with E-state index in [9.17, 15) is 9.18 Å². The molecule has 0 fully saturated rings. The zero-order chi connectivity index (χ0) is 11.3. The normalized spacial score (nSPS) is 10.7. The minimum atomic E-state index is -0.316. The van der Waals surface area contributed by atoms with Crippen LogP contribution >= 0.6 is 11.8 Å². The third-order valence-electron chi connectivity index (χ3n) is 1.89. The van der Waals surface area contributed by atoms with Crippen LogP contribution in [-0.4, -0.2) is 37.6 Å². The number of nitrogens with zero attached hydrogens (tertiary/aromatic N) is 1. The quantitative estimate of drug-likeness (QED) is 0.568. The van der Waals surface area contributed by atoms with E-state index in [4.69, 9.17) is 0 Å². The molecule has 0 spiro atoms. The summed E-state index contributed by atoms with van der Waals surface area (Å²) in [6.07, 6.45) is 0.650. The molecule has 0 heterocycles. The second-order valence-electron chi connectivity index (χ2n) is 3.46. The SMILES string of the molecule is CN(C)CCSc1ccc(C=O)cc1F. The highest BCUT2D eigenvalue weighted by Gasteiger charge is 2.03. The average molecular weight is 227 g/mol. The zero-order valence-electron chi connectivity index (χ0n) is 8.87. The molecule has 1 aromatic carbocycles. The van der Waals surface area contributed by atoms with Gasteiger partial charge >= 0.3 is 0 Å². The monoisotopic (exact) mass is 227 g/mol. The van der Waals surface area contributed by atoms with Gasteiger partial charge in [0.25, 0.3) is 0 Å². The lowest BCUT2D eigenvalue weighted by atomic mass is 10.2. The van der Waals surface area contributed by atoms with Gasteiger partial charge in [-0.05, 0) is 26.2 Å². The molecule has 0 saturated heterocycles. The molecule has 0 aliphatic rings. The lowest BCUT2D eigenvalue weighted by Gasteiger charge is -2.09. The molecule has 0 amide bonds. The van der Waals surface area contributed by atoms with Gasteiger partial charge in [0.05, 0.1) is 0 Å². The fourth-order valence-corrected chi connectivity index (χ4v) is 2.08. The molecule has 0 aliphatic carbocycles. The summed E-state index contributed by atoms with van der Waals surface area (Å²) in [5.74, 6) is 0.521. The van der Waals surface area contributed by atoms with Crippen LogP contribution in [0, 0.1) is 5.82 Å². The van der Waals surface area contributed by atoms with Crippen LogP contribution in [-0.2, 0) is 0 Å². The molecule has 1 rings (SSSR count). The molecule has 4 heteroatoms. The summed E-state index contributed by atoms with van der Waals surface area (Å²) in [5, 5.41) is 0. The molecule has 0 N–H and O–H groups in total. The van der Waals surface area contributed by atoms with Crippen LogP contribution in [0.15, 0.2) is 23.1 Å². The molecule has 82 valence electrons. The molecule has 0 aromatic heterocycles. The molecule has 0 bridgehead atoms. The largest absolute Gasteiger partial charge is 0.309 e. The second kappa shape index (κ2) is 5.88. The van der Waals surface area contributed by atoms with Gasteiger partial charge in [0.15, 0.2) is 0 Å². The molecule has 15 heavy (non-hydrogen) atoms. The summed E-state index contributed by atoms with van der Waals surface area (Å²) in [4.78, 5) is 13.0. The zero-order valence-corrected chi connectivity index (χ0v) is 9.68. The van der Waals surface area contributed by atoms with Gasteiger partial charge in [-0.15, -0.1) is 11.8 Å². The van der Waals surface area contributed by atoms with Gasteiger partial charge in [0.2, 0.25) is 0 Å². The predicted octanol–water partition coefficient (Wildman–Crippen LogP) is 2.29.